The smallest absolute Gasteiger partial charge is 0.131 e. The summed E-state index contributed by atoms with van der Waals surface area (Å²) in [5.74, 6) is 0. The van der Waals surface area contributed by atoms with Gasteiger partial charge < -0.3 is 10.1 Å². The second kappa shape index (κ2) is 9.50. The minimum absolute atomic E-state index is 0.739. The van der Waals surface area contributed by atoms with E-state index >= 15 is 0 Å². The van der Waals surface area contributed by atoms with Crippen LogP contribution >= 0.6 is 11.3 Å². The van der Waals surface area contributed by atoms with Gasteiger partial charge in [-0.25, -0.2) is 0 Å². The van der Waals surface area contributed by atoms with Crippen LogP contribution in [0.3, 0.4) is 0 Å². The molecule has 0 radical (unpaired) electrons. The number of nitrogens with zero attached hydrogens (tertiary/aromatic N) is 2. The third-order valence-electron chi connectivity index (χ3n) is 2.51. The van der Waals surface area contributed by atoms with E-state index in [4.69, 9.17) is 4.74 Å². The summed E-state index contributed by atoms with van der Waals surface area (Å²) in [6, 6.07) is 0. The van der Waals surface area contributed by atoms with E-state index in [0.29, 0.717) is 0 Å². The lowest BCUT2D eigenvalue weighted by atomic mass is 10.2. The SMILES string of the molecule is CCCCCCc1nnc(CNCCOC)s1. The van der Waals surface area contributed by atoms with Gasteiger partial charge in [0.25, 0.3) is 0 Å². The number of hydrogen-bond acceptors (Lipinski definition) is 5. The number of aryl methyl sites for hydroxylation is 1. The Kier molecular flexibility index (Phi) is 8.13. The van der Waals surface area contributed by atoms with Crippen LogP contribution in [0.2, 0.25) is 0 Å². The van der Waals surface area contributed by atoms with Crippen molar-refractivity contribution < 1.29 is 4.74 Å². The van der Waals surface area contributed by atoms with Gasteiger partial charge in [-0.3, -0.25) is 0 Å². The predicted molar refractivity (Wildman–Crippen MR) is 71.3 cm³/mol. The molecule has 1 aromatic heterocycles. The zero-order valence-electron chi connectivity index (χ0n) is 10.9. The minimum atomic E-state index is 0.739. The first kappa shape index (κ1) is 14.5. The molecule has 0 amide bonds. The van der Waals surface area contributed by atoms with Crippen LogP contribution in [-0.4, -0.2) is 30.5 Å². The van der Waals surface area contributed by atoms with Crippen molar-refractivity contribution in [1.82, 2.24) is 15.5 Å². The summed E-state index contributed by atoms with van der Waals surface area (Å²) >= 11 is 1.72. The number of unbranched alkanes of at least 4 members (excludes halogenated alkanes) is 3. The second-order valence-electron chi connectivity index (χ2n) is 4.07. The van der Waals surface area contributed by atoms with Crippen molar-refractivity contribution >= 4 is 11.3 Å². The Balaban J connectivity index is 2.14. The highest BCUT2D eigenvalue weighted by Gasteiger charge is 2.03. The number of methoxy groups -OCH3 is 1. The van der Waals surface area contributed by atoms with Gasteiger partial charge in [0.05, 0.1) is 6.61 Å². The Morgan fingerprint density at radius 3 is 2.76 bits per heavy atom. The normalized spacial score (nSPS) is 10.9. The Morgan fingerprint density at radius 2 is 2.00 bits per heavy atom. The molecule has 4 nitrogen and oxygen atoms in total. The number of ether oxygens (including phenoxy) is 1. The van der Waals surface area contributed by atoms with Crippen LogP contribution in [0.1, 0.15) is 42.6 Å². The monoisotopic (exact) mass is 257 g/mol. The quantitative estimate of drug-likeness (QED) is 0.654. The van der Waals surface area contributed by atoms with E-state index in [2.05, 4.69) is 22.4 Å². The van der Waals surface area contributed by atoms with Crippen LogP contribution in [0.5, 0.6) is 0 Å². The van der Waals surface area contributed by atoms with Gasteiger partial charge in [0, 0.05) is 26.6 Å². The van der Waals surface area contributed by atoms with Crippen LogP contribution in [0, 0.1) is 0 Å². The summed E-state index contributed by atoms with van der Waals surface area (Å²) < 4.78 is 4.97. The van der Waals surface area contributed by atoms with E-state index in [9.17, 15) is 0 Å². The molecule has 0 fully saturated rings. The molecule has 0 saturated carbocycles. The van der Waals surface area contributed by atoms with E-state index < -0.39 is 0 Å². The van der Waals surface area contributed by atoms with Crippen LogP contribution < -0.4 is 5.32 Å². The van der Waals surface area contributed by atoms with Gasteiger partial charge >= 0.3 is 0 Å². The van der Waals surface area contributed by atoms with Crippen molar-refractivity contribution in [3.05, 3.63) is 10.0 Å². The maximum absolute atomic E-state index is 4.97. The van der Waals surface area contributed by atoms with Gasteiger partial charge in [-0.2, -0.15) is 0 Å². The van der Waals surface area contributed by atoms with Crippen molar-refractivity contribution in [1.29, 1.82) is 0 Å². The Bertz CT molecular complexity index is 265. The molecule has 5 heteroatoms. The first-order valence-electron chi connectivity index (χ1n) is 6.37. The van der Waals surface area contributed by atoms with Gasteiger partial charge in [-0.1, -0.05) is 26.2 Å². The van der Waals surface area contributed by atoms with Crippen molar-refractivity contribution in [2.24, 2.45) is 0 Å². The highest BCUT2D eigenvalue weighted by molar-refractivity contribution is 7.11. The fraction of sp³-hybridized carbons (Fsp3) is 0.833. The summed E-state index contributed by atoms with van der Waals surface area (Å²) in [7, 11) is 1.71. The lowest BCUT2D eigenvalue weighted by molar-refractivity contribution is 0.199. The van der Waals surface area contributed by atoms with Crippen molar-refractivity contribution in [3.8, 4) is 0 Å². The Morgan fingerprint density at radius 1 is 1.18 bits per heavy atom. The van der Waals surface area contributed by atoms with Crippen molar-refractivity contribution in [2.45, 2.75) is 45.6 Å². The molecule has 98 valence electrons. The molecule has 0 aliphatic rings. The molecule has 0 aromatic carbocycles. The molecule has 0 aliphatic carbocycles. The first-order chi connectivity index (χ1) is 8.36. The van der Waals surface area contributed by atoms with Crippen LogP contribution in [0.25, 0.3) is 0 Å². The average Bonchev–Trinajstić information content (AvgIpc) is 2.78. The minimum Gasteiger partial charge on any atom is -0.383 e. The zero-order valence-corrected chi connectivity index (χ0v) is 11.7. The molecule has 0 saturated heterocycles. The van der Waals surface area contributed by atoms with E-state index in [1.54, 1.807) is 18.4 Å². The average molecular weight is 257 g/mol. The molecule has 1 N–H and O–H groups in total. The largest absolute Gasteiger partial charge is 0.383 e. The fourth-order valence-electron chi connectivity index (χ4n) is 1.53. The highest BCUT2D eigenvalue weighted by atomic mass is 32.1. The molecular weight excluding hydrogens is 234 g/mol. The van der Waals surface area contributed by atoms with Gasteiger partial charge in [0.15, 0.2) is 0 Å². The van der Waals surface area contributed by atoms with E-state index in [1.165, 1.54) is 30.7 Å². The van der Waals surface area contributed by atoms with Gasteiger partial charge in [-0.05, 0) is 6.42 Å². The maximum Gasteiger partial charge on any atom is 0.131 e. The standard InChI is InChI=1S/C12H23N3OS/c1-3-4-5-6-7-11-14-15-12(17-11)10-13-8-9-16-2/h13H,3-10H2,1-2H3. The topological polar surface area (TPSA) is 47.0 Å². The number of nitrogens with one attached hydrogen (secondary N) is 1. The summed E-state index contributed by atoms with van der Waals surface area (Å²) in [6.45, 7) is 4.63. The van der Waals surface area contributed by atoms with E-state index in [-0.39, 0.29) is 0 Å². The fourth-order valence-corrected chi connectivity index (χ4v) is 2.39. The molecule has 0 atom stereocenters. The third kappa shape index (κ3) is 6.71. The van der Waals surface area contributed by atoms with Gasteiger partial charge in [0.2, 0.25) is 0 Å². The molecule has 17 heavy (non-hydrogen) atoms. The molecule has 1 rings (SSSR count). The number of aromatic nitrogens is 2. The lowest BCUT2D eigenvalue weighted by Gasteiger charge is -1.99. The van der Waals surface area contributed by atoms with Gasteiger partial charge in [-0.15, -0.1) is 21.5 Å². The zero-order chi connectivity index (χ0) is 12.3. The number of hydrogen-bond donors (Lipinski definition) is 1. The first-order valence-corrected chi connectivity index (χ1v) is 7.19. The molecule has 0 aliphatic heterocycles. The van der Waals surface area contributed by atoms with Gasteiger partial charge in [0.1, 0.15) is 10.0 Å². The summed E-state index contributed by atoms with van der Waals surface area (Å²) in [6.07, 6.45) is 6.22. The third-order valence-corrected chi connectivity index (χ3v) is 3.50. The van der Waals surface area contributed by atoms with E-state index in [1.807, 2.05) is 0 Å². The van der Waals surface area contributed by atoms with Crippen molar-refractivity contribution in [2.75, 3.05) is 20.3 Å². The second-order valence-corrected chi connectivity index (χ2v) is 5.22. The molecule has 0 bridgehead atoms. The molecule has 0 unspecified atom stereocenters. The van der Waals surface area contributed by atoms with Crippen LogP contribution in [0.15, 0.2) is 0 Å². The van der Waals surface area contributed by atoms with Crippen molar-refractivity contribution in [3.63, 3.8) is 0 Å². The molecule has 0 spiro atoms. The van der Waals surface area contributed by atoms with E-state index in [0.717, 1.165) is 31.1 Å². The maximum atomic E-state index is 4.97. The molecular formula is C12H23N3OS. The Labute approximate surface area is 108 Å². The Hall–Kier alpha value is -0.520. The predicted octanol–water partition coefficient (Wildman–Crippen LogP) is 2.40. The summed E-state index contributed by atoms with van der Waals surface area (Å²) in [5.41, 5.74) is 0. The molecule has 1 heterocycles. The summed E-state index contributed by atoms with van der Waals surface area (Å²) in [4.78, 5) is 0. The summed E-state index contributed by atoms with van der Waals surface area (Å²) in [5, 5.41) is 13.9. The van der Waals surface area contributed by atoms with Crippen LogP contribution in [0.4, 0.5) is 0 Å². The molecule has 1 aromatic rings. The van der Waals surface area contributed by atoms with Crippen LogP contribution in [-0.2, 0) is 17.7 Å². The lowest BCUT2D eigenvalue weighted by Crippen LogP contribution is -2.18. The highest BCUT2D eigenvalue weighted by Crippen LogP contribution is 2.13. The number of rotatable bonds is 10.